The van der Waals surface area contributed by atoms with E-state index in [1.165, 1.54) is 34.9 Å². The topological polar surface area (TPSA) is 42.2 Å². The highest BCUT2D eigenvalue weighted by Gasteiger charge is 2.27. The molecule has 0 unspecified atom stereocenters. The molecular formula is C16H21N3S. The monoisotopic (exact) mass is 287 g/mol. The molecule has 0 atom stereocenters. The van der Waals surface area contributed by atoms with Gasteiger partial charge in [0.05, 0.1) is 5.56 Å². The summed E-state index contributed by atoms with van der Waals surface area (Å²) in [5.74, 6) is 1.53. The Labute approximate surface area is 124 Å². The minimum atomic E-state index is 0.660. The van der Waals surface area contributed by atoms with E-state index in [4.69, 9.17) is 5.73 Å². The van der Waals surface area contributed by atoms with Gasteiger partial charge in [0.2, 0.25) is 0 Å². The predicted octanol–water partition coefficient (Wildman–Crippen LogP) is 4.02. The van der Waals surface area contributed by atoms with Crippen LogP contribution >= 0.6 is 11.5 Å². The Morgan fingerprint density at radius 1 is 1.30 bits per heavy atom. The summed E-state index contributed by atoms with van der Waals surface area (Å²) in [5.41, 5.74) is 8.41. The van der Waals surface area contributed by atoms with Crippen LogP contribution in [0.4, 0.5) is 10.8 Å². The van der Waals surface area contributed by atoms with Crippen LogP contribution in [0, 0.1) is 5.92 Å². The quantitative estimate of drug-likeness (QED) is 0.872. The molecule has 20 heavy (non-hydrogen) atoms. The summed E-state index contributed by atoms with van der Waals surface area (Å²) in [4.78, 5) is 2.48. The van der Waals surface area contributed by atoms with Gasteiger partial charge in [-0.3, -0.25) is 0 Å². The Kier molecular flexibility index (Phi) is 3.92. The van der Waals surface area contributed by atoms with Gasteiger partial charge in [-0.25, -0.2) is 0 Å². The van der Waals surface area contributed by atoms with Crippen molar-refractivity contribution in [3.05, 3.63) is 30.3 Å². The molecule has 1 heterocycles. The Balaban J connectivity index is 1.95. The van der Waals surface area contributed by atoms with Crippen molar-refractivity contribution >= 4 is 22.4 Å². The van der Waals surface area contributed by atoms with E-state index in [2.05, 4.69) is 40.5 Å². The van der Waals surface area contributed by atoms with Gasteiger partial charge >= 0.3 is 0 Å². The lowest BCUT2D eigenvalue weighted by atomic mass is 10.1. The zero-order valence-corrected chi connectivity index (χ0v) is 12.7. The Bertz CT molecular complexity index is 560. The fourth-order valence-electron chi connectivity index (χ4n) is 2.54. The Morgan fingerprint density at radius 2 is 2.05 bits per heavy atom. The number of rotatable bonds is 6. The maximum atomic E-state index is 6.13. The van der Waals surface area contributed by atoms with Crippen molar-refractivity contribution in [2.24, 2.45) is 5.92 Å². The maximum absolute atomic E-state index is 6.13. The minimum absolute atomic E-state index is 0.660. The fourth-order valence-corrected chi connectivity index (χ4v) is 3.41. The molecule has 0 spiro atoms. The summed E-state index contributed by atoms with van der Waals surface area (Å²) in [7, 11) is 0. The van der Waals surface area contributed by atoms with E-state index in [-0.39, 0.29) is 0 Å². The molecule has 0 bridgehead atoms. The van der Waals surface area contributed by atoms with Crippen molar-refractivity contribution in [1.29, 1.82) is 0 Å². The van der Waals surface area contributed by atoms with Gasteiger partial charge in [-0.05, 0) is 42.3 Å². The molecule has 0 saturated heterocycles. The van der Waals surface area contributed by atoms with Crippen molar-refractivity contribution < 1.29 is 0 Å². The minimum Gasteiger partial charge on any atom is -0.382 e. The van der Waals surface area contributed by atoms with Crippen LogP contribution in [0.15, 0.2) is 30.3 Å². The molecule has 2 N–H and O–H groups in total. The Hall–Kier alpha value is -1.55. The second-order valence-corrected chi connectivity index (χ2v) is 6.26. The lowest BCUT2D eigenvalue weighted by molar-refractivity contribution is 0.714. The average molecular weight is 287 g/mol. The van der Waals surface area contributed by atoms with Crippen molar-refractivity contribution in [2.75, 3.05) is 23.7 Å². The normalized spacial score (nSPS) is 14.4. The number of hydrogen-bond donors (Lipinski definition) is 1. The molecule has 3 nitrogen and oxygen atoms in total. The van der Waals surface area contributed by atoms with Gasteiger partial charge in [0.1, 0.15) is 10.8 Å². The van der Waals surface area contributed by atoms with Crippen molar-refractivity contribution in [3.63, 3.8) is 0 Å². The van der Waals surface area contributed by atoms with Crippen LogP contribution in [0.2, 0.25) is 0 Å². The van der Waals surface area contributed by atoms with E-state index in [9.17, 15) is 0 Å². The number of nitrogen functional groups attached to an aromatic ring is 1. The highest BCUT2D eigenvalue weighted by Crippen LogP contribution is 2.41. The highest BCUT2D eigenvalue weighted by atomic mass is 32.1. The first-order chi connectivity index (χ1) is 9.79. The molecule has 3 rings (SSSR count). The van der Waals surface area contributed by atoms with Gasteiger partial charge in [-0.15, -0.1) is 0 Å². The summed E-state index contributed by atoms with van der Waals surface area (Å²) < 4.78 is 4.40. The van der Waals surface area contributed by atoms with Gasteiger partial charge < -0.3 is 10.6 Å². The molecule has 1 aromatic carbocycles. The lowest BCUT2D eigenvalue weighted by Gasteiger charge is -2.23. The molecule has 1 fully saturated rings. The first-order valence-corrected chi connectivity index (χ1v) is 8.12. The van der Waals surface area contributed by atoms with Crippen molar-refractivity contribution in [2.45, 2.75) is 26.2 Å². The number of nitrogens with two attached hydrogens (primary N) is 1. The molecule has 4 heteroatoms. The third-order valence-corrected chi connectivity index (χ3v) is 4.64. The molecule has 106 valence electrons. The van der Waals surface area contributed by atoms with E-state index < -0.39 is 0 Å². The molecule has 2 aromatic rings. The lowest BCUT2D eigenvalue weighted by Crippen LogP contribution is -2.26. The molecule has 1 aliphatic rings. The van der Waals surface area contributed by atoms with Crippen LogP contribution in [-0.4, -0.2) is 17.5 Å². The standard InChI is InChI=1S/C16H21N3S/c1-2-10-19(11-12-8-9-12)16-14(15(17)18-20-16)13-6-4-3-5-7-13/h3-7,12H,2,8-11H2,1H3,(H2,17,18). The van der Waals surface area contributed by atoms with Gasteiger partial charge in [-0.1, -0.05) is 37.3 Å². The predicted molar refractivity (Wildman–Crippen MR) is 87.2 cm³/mol. The third-order valence-electron chi connectivity index (χ3n) is 3.72. The first kappa shape index (κ1) is 13.4. The summed E-state index contributed by atoms with van der Waals surface area (Å²) >= 11 is 1.54. The molecule has 1 aromatic heterocycles. The SMILES string of the molecule is CCCN(CC1CC1)c1snc(N)c1-c1ccccc1. The molecular weight excluding hydrogens is 266 g/mol. The van der Waals surface area contributed by atoms with E-state index in [1.54, 1.807) is 0 Å². The third kappa shape index (κ3) is 2.80. The zero-order valence-electron chi connectivity index (χ0n) is 11.9. The van der Waals surface area contributed by atoms with Crippen LogP contribution in [0.3, 0.4) is 0 Å². The molecule has 1 saturated carbocycles. The highest BCUT2D eigenvalue weighted by molar-refractivity contribution is 7.11. The maximum Gasteiger partial charge on any atom is 0.147 e. The number of aromatic nitrogens is 1. The van der Waals surface area contributed by atoms with Crippen LogP contribution in [-0.2, 0) is 0 Å². The summed E-state index contributed by atoms with van der Waals surface area (Å²) in [5, 5.41) is 1.24. The Morgan fingerprint density at radius 3 is 2.70 bits per heavy atom. The van der Waals surface area contributed by atoms with Gasteiger partial charge in [-0.2, -0.15) is 4.37 Å². The average Bonchev–Trinajstić information content (AvgIpc) is 3.20. The second kappa shape index (κ2) is 5.83. The number of anilines is 2. The van der Waals surface area contributed by atoms with E-state index in [1.807, 2.05) is 6.07 Å². The number of hydrogen-bond acceptors (Lipinski definition) is 4. The van der Waals surface area contributed by atoms with Crippen LogP contribution < -0.4 is 10.6 Å². The van der Waals surface area contributed by atoms with Gasteiger partial charge in [0, 0.05) is 13.1 Å². The molecule has 0 amide bonds. The molecule has 1 aliphatic carbocycles. The van der Waals surface area contributed by atoms with Crippen molar-refractivity contribution in [3.8, 4) is 11.1 Å². The fraction of sp³-hybridized carbons (Fsp3) is 0.438. The van der Waals surface area contributed by atoms with E-state index >= 15 is 0 Å². The largest absolute Gasteiger partial charge is 0.382 e. The van der Waals surface area contributed by atoms with E-state index in [0.717, 1.165) is 31.0 Å². The number of benzene rings is 1. The first-order valence-electron chi connectivity index (χ1n) is 7.35. The second-order valence-electron chi connectivity index (χ2n) is 5.50. The number of nitrogens with zero attached hydrogens (tertiary/aromatic N) is 2. The smallest absolute Gasteiger partial charge is 0.147 e. The molecule has 0 aliphatic heterocycles. The van der Waals surface area contributed by atoms with Gasteiger partial charge in [0.25, 0.3) is 0 Å². The summed E-state index contributed by atoms with van der Waals surface area (Å²) in [6, 6.07) is 10.4. The van der Waals surface area contributed by atoms with E-state index in [0.29, 0.717) is 5.82 Å². The summed E-state index contributed by atoms with van der Waals surface area (Å²) in [6.45, 7) is 4.46. The summed E-state index contributed by atoms with van der Waals surface area (Å²) in [6.07, 6.45) is 3.89. The zero-order chi connectivity index (χ0) is 13.9. The molecule has 0 radical (unpaired) electrons. The van der Waals surface area contributed by atoms with Crippen LogP contribution in [0.5, 0.6) is 0 Å². The van der Waals surface area contributed by atoms with Crippen LogP contribution in [0.25, 0.3) is 11.1 Å². The van der Waals surface area contributed by atoms with Crippen LogP contribution in [0.1, 0.15) is 26.2 Å². The van der Waals surface area contributed by atoms with Gasteiger partial charge in [0.15, 0.2) is 0 Å². The van der Waals surface area contributed by atoms with Crippen molar-refractivity contribution in [1.82, 2.24) is 4.37 Å².